The lowest BCUT2D eigenvalue weighted by Gasteiger charge is -2.32. The summed E-state index contributed by atoms with van der Waals surface area (Å²) in [5.74, 6) is -7.48. The van der Waals surface area contributed by atoms with Crippen LogP contribution in [0.15, 0.2) is 54.1 Å². The highest BCUT2D eigenvalue weighted by molar-refractivity contribution is 6.12. The van der Waals surface area contributed by atoms with Crippen molar-refractivity contribution in [1.82, 2.24) is 15.6 Å². The number of aromatic nitrogens is 1. The van der Waals surface area contributed by atoms with Crippen LogP contribution >= 0.6 is 0 Å². The lowest BCUT2D eigenvalue weighted by atomic mass is 10.0. The second-order valence-electron chi connectivity index (χ2n) is 7.85. The van der Waals surface area contributed by atoms with Crippen molar-refractivity contribution in [2.24, 2.45) is 10.9 Å². The van der Waals surface area contributed by atoms with Crippen LogP contribution in [0.3, 0.4) is 0 Å². The molecule has 1 aromatic heterocycles. The minimum absolute atomic E-state index is 0.00528. The van der Waals surface area contributed by atoms with E-state index in [4.69, 9.17) is 0 Å². The highest BCUT2D eigenvalue weighted by atomic mass is 19.3. The van der Waals surface area contributed by atoms with E-state index in [9.17, 15) is 27.2 Å². The first-order valence-electron chi connectivity index (χ1n) is 10.1. The minimum Gasteiger partial charge on any atom is -0.355 e. The molecule has 2 atom stereocenters. The summed E-state index contributed by atoms with van der Waals surface area (Å²) < 4.78 is 54.8. The quantitative estimate of drug-likeness (QED) is 0.595. The summed E-state index contributed by atoms with van der Waals surface area (Å²) in [5.41, 5.74) is -1.55. The summed E-state index contributed by atoms with van der Waals surface area (Å²) in [5, 5.41) is 7.71. The van der Waals surface area contributed by atoms with E-state index in [0.717, 1.165) is 12.3 Å². The highest BCUT2D eigenvalue weighted by Gasteiger charge is 2.46. The number of nitrogens with one attached hydrogen (secondary N) is 3. The van der Waals surface area contributed by atoms with Gasteiger partial charge in [-0.3, -0.25) is 19.6 Å². The summed E-state index contributed by atoms with van der Waals surface area (Å²) in [7, 11) is 0. The third kappa shape index (κ3) is 4.71. The van der Waals surface area contributed by atoms with E-state index in [0.29, 0.717) is 0 Å². The first kappa shape index (κ1) is 22.4. The Morgan fingerprint density at radius 2 is 2.00 bits per heavy atom. The molecule has 0 saturated heterocycles. The predicted molar refractivity (Wildman–Crippen MR) is 112 cm³/mol. The molecule has 2 aliphatic rings. The fourth-order valence-corrected chi connectivity index (χ4v) is 3.74. The van der Waals surface area contributed by atoms with Crippen molar-refractivity contribution in [3.8, 4) is 11.1 Å². The topological polar surface area (TPSA) is 95.5 Å². The second-order valence-corrected chi connectivity index (χ2v) is 7.85. The lowest BCUT2D eigenvalue weighted by Crippen LogP contribution is -2.67. The van der Waals surface area contributed by atoms with Gasteiger partial charge in [0.05, 0.1) is 18.1 Å². The molecule has 2 amide bonds. The van der Waals surface area contributed by atoms with Crippen LogP contribution in [0, 0.1) is 17.6 Å². The summed E-state index contributed by atoms with van der Waals surface area (Å²) in [6, 6.07) is 5.06. The van der Waals surface area contributed by atoms with E-state index >= 15 is 0 Å². The Kier molecular flexibility index (Phi) is 5.88. The molecule has 1 aliphatic carbocycles. The molecule has 0 bridgehead atoms. The van der Waals surface area contributed by atoms with Gasteiger partial charge in [0, 0.05) is 48.5 Å². The zero-order valence-electron chi connectivity index (χ0n) is 17.1. The molecule has 2 aromatic rings. The number of hydrogen-bond acceptors (Lipinski definition) is 5. The summed E-state index contributed by atoms with van der Waals surface area (Å²) in [4.78, 5) is 33.6. The van der Waals surface area contributed by atoms with Gasteiger partial charge in [-0.1, -0.05) is 12.1 Å². The van der Waals surface area contributed by atoms with Crippen LogP contribution < -0.4 is 16.0 Å². The molecule has 3 N–H and O–H groups in total. The molecule has 0 spiro atoms. The van der Waals surface area contributed by atoms with E-state index in [1.54, 1.807) is 0 Å². The van der Waals surface area contributed by atoms with Gasteiger partial charge in [-0.2, -0.15) is 0 Å². The normalized spacial score (nSPS) is 23.1. The molecular weight excluding hydrogens is 442 g/mol. The average molecular weight is 461 g/mol. The Morgan fingerprint density at radius 1 is 1.18 bits per heavy atom. The monoisotopic (exact) mass is 461 g/mol. The van der Waals surface area contributed by atoms with Crippen LogP contribution in [-0.2, 0) is 9.59 Å². The maximum atomic E-state index is 14.2. The Hall–Kier alpha value is -3.76. The van der Waals surface area contributed by atoms with Crippen molar-refractivity contribution in [3.05, 3.63) is 60.7 Å². The third-order valence-electron chi connectivity index (χ3n) is 5.45. The molecule has 2 unspecified atom stereocenters. The first-order valence-corrected chi connectivity index (χ1v) is 10.1. The van der Waals surface area contributed by atoms with Gasteiger partial charge in [0.2, 0.25) is 17.5 Å². The number of carbonyl (C=O) groups is 2. The number of anilines is 1. The van der Waals surface area contributed by atoms with Gasteiger partial charge in [-0.05, 0) is 18.6 Å². The van der Waals surface area contributed by atoms with Gasteiger partial charge in [-0.15, -0.1) is 0 Å². The molecule has 172 valence electrons. The maximum absolute atomic E-state index is 14.2. The van der Waals surface area contributed by atoms with Gasteiger partial charge < -0.3 is 16.0 Å². The van der Waals surface area contributed by atoms with Crippen LogP contribution in [-0.4, -0.2) is 34.6 Å². The van der Waals surface area contributed by atoms with Gasteiger partial charge in [-0.25, -0.2) is 17.6 Å². The number of benzene rings is 1. The number of aliphatic imine (C=N–C) groups is 1. The van der Waals surface area contributed by atoms with Gasteiger partial charge >= 0.3 is 0 Å². The molecular formula is C22H19F4N5O2. The fraction of sp³-hybridized carbons (Fsp3) is 0.273. The van der Waals surface area contributed by atoms with E-state index in [1.807, 2.05) is 0 Å². The minimum atomic E-state index is -2.93. The number of pyridine rings is 1. The summed E-state index contributed by atoms with van der Waals surface area (Å²) in [6.07, 6.45) is 5.37. The Morgan fingerprint density at radius 3 is 2.70 bits per heavy atom. The molecule has 11 heteroatoms. The second kappa shape index (κ2) is 8.64. The van der Waals surface area contributed by atoms with Crippen LogP contribution in [0.4, 0.5) is 23.2 Å². The summed E-state index contributed by atoms with van der Waals surface area (Å²) >= 11 is 0. The number of alkyl halides is 2. The molecule has 0 radical (unpaired) electrons. The average Bonchev–Trinajstić information content (AvgIpc) is 3.16. The van der Waals surface area contributed by atoms with E-state index < -0.39 is 53.8 Å². The number of halogens is 4. The van der Waals surface area contributed by atoms with Crippen molar-refractivity contribution in [2.45, 2.75) is 30.8 Å². The predicted octanol–water partition coefficient (Wildman–Crippen LogP) is 3.36. The van der Waals surface area contributed by atoms with Gasteiger partial charge in [0.15, 0.2) is 11.6 Å². The number of nitrogens with zero attached hydrogens (tertiary/aromatic N) is 2. The van der Waals surface area contributed by atoms with Gasteiger partial charge in [0.1, 0.15) is 0 Å². The number of amides is 2. The standard InChI is InChI=1S/C22H19F4N5O2/c23-17-3-1-2-16(18(17)24)14-8-15(11-28-10-14)30-20(33)22(12-27-6-7-29-22)31-19(32)13-4-5-21(25,26)9-13/h1-3,6-8,10-13,29H,4-5,9H2,(H,30,33)(H,31,32). The Balaban J connectivity index is 1.55. The molecule has 1 fully saturated rings. The SMILES string of the molecule is O=C(NC1(C(=O)Nc2cncc(-c3cccc(F)c3F)c2)C=NC=CN1)C1CCC(F)(F)C1. The first-order chi connectivity index (χ1) is 15.7. The molecule has 1 aromatic carbocycles. The maximum Gasteiger partial charge on any atom is 0.276 e. The van der Waals surface area contributed by atoms with Crippen LogP contribution in [0.5, 0.6) is 0 Å². The molecule has 4 rings (SSSR count). The molecule has 2 heterocycles. The number of carbonyl (C=O) groups excluding carboxylic acids is 2. The van der Waals surface area contributed by atoms with Crippen LogP contribution in [0.25, 0.3) is 11.1 Å². The molecule has 7 nitrogen and oxygen atoms in total. The van der Waals surface area contributed by atoms with E-state index in [2.05, 4.69) is 25.9 Å². The van der Waals surface area contributed by atoms with Crippen molar-refractivity contribution >= 4 is 23.7 Å². The third-order valence-corrected chi connectivity index (χ3v) is 5.45. The zero-order chi connectivity index (χ0) is 23.6. The van der Waals surface area contributed by atoms with Crippen molar-refractivity contribution in [3.63, 3.8) is 0 Å². The molecule has 33 heavy (non-hydrogen) atoms. The van der Waals surface area contributed by atoms with Crippen molar-refractivity contribution in [1.29, 1.82) is 0 Å². The van der Waals surface area contributed by atoms with E-state index in [-0.39, 0.29) is 23.2 Å². The number of rotatable bonds is 5. The van der Waals surface area contributed by atoms with Crippen molar-refractivity contribution < 1.29 is 27.2 Å². The zero-order valence-corrected chi connectivity index (χ0v) is 17.1. The molecule has 1 saturated carbocycles. The lowest BCUT2D eigenvalue weighted by molar-refractivity contribution is -0.131. The van der Waals surface area contributed by atoms with Gasteiger partial charge in [0.25, 0.3) is 5.91 Å². The smallest absolute Gasteiger partial charge is 0.276 e. The summed E-state index contributed by atoms with van der Waals surface area (Å²) in [6.45, 7) is 0. The van der Waals surface area contributed by atoms with Crippen LogP contribution in [0.1, 0.15) is 19.3 Å². The molecule has 1 aliphatic heterocycles. The van der Waals surface area contributed by atoms with E-state index in [1.165, 1.54) is 43.0 Å². The highest BCUT2D eigenvalue weighted by Crippen LogP contribution is 2.39. The fourth-order valence-electron chi connectivity index (χ4n) is 3.74. The van der Waals surface area contributed by atoms with Crippen molar-refractivity contribution in [2.75, 3.05) is 5.32 Å². The van der Waals surface area contributed by atoms with Crippen LogP contribution in [0.2, 0.25) is 0 Å². The Bertz CT molecular complexity index is 1150. The largest absolute Gasteiger partial charge is 0.355 e. The Labute approximate surface area is 186 Å². The number of hydrogen-bond donors (Lipinski definition) is 3.